The van der Waals surface area contributed by atoms with Crippen molar-refractivity contribution >= 4 is 15.9 Å². The fourth-order valence-corrected chi connectivity index (χ4v) is 2.17. The van der Waals surface area contributed by atoms with Crippen molar-refractivity contribution in [1.29, 1.82) is 0 Å². The molecule has 0 aliphatic heterocycles. The maximum atomic E-state index is 12.9. The van der Waals surface area contributed by atoms with E-state index in [1.807, 2.05) is 6.92 Å². The van der Waals surface area contributed by atoms with Crippen molar-refractivity contribution in [2.24, 2.45) is 0 Å². The van der Waals surface area contributed by atoms with Crippen LogP contribution in [0.5, 0.6) is 0 Å². The number of aliphatic hydroxyl groups is 1. The van der Waals surface area contributed by atoms with Crippen LogP contribution in [-0.4, -0.2) is 18.2 Å². The van der Waals surface area contributed by atoms with E-state index in [0.717, 1.165) is 6.54 Å². The Labute approximate surface area is 97.6 Å². The van der Waals surface area contributed by atoms with Crippen molar-refractivity contribution in [3.8, 4) is 0 Å². The normalized spacial score (nSPS) is 15.0. The Bertz CT molecular complexity index is 341. The molecule has 1 atom stereocenters. The lowest BCUT2D eigenvalue weighted by atomic mass is 9.96. The molecule has 2 nitrogen and oxygen atoms in total. The van der Waals surface area contributed by atoms with Crippen LogP contribution in [0.15, 0.2) is 22.7 Å². The molecule has 4 heteroatoms. The average molecular weight is 276 g/mol. The number of nitrogens with one attached hydrogen (secondary N) is 1. The first kappa shape index (κ1) is 12.6. The van der Waals surface area contributed by atoms with Crippen LogP contribution in [0.25, 0.3) is 0 Å². The Morgan fingerprint density at radius 3 is 2.73 bits per heavy atom. The summed E-state index contributed by atoms with van der Waals surface area (Å²) in [4.78, 5) is 0. The number of rotatable bonds is 4. The lowest BCUT2D eigenvalue weighted by Gasteiger charge is -2.25. The Morgan fingerprint density at radius 1 is 1.53 bits per heavy atom. The molecule has 0 bridgehead atoms. The molecule has 0 heterocycles. The van der Waals surface area contributed by atoms with Gasteiger partial charge in [-0.15, -0.1) is 0 Å². The van der Waals surface area contributed by atoms with Gasteiger partial charge in [-0.2, -0.15) is 0 Å². The van der Waals surface area contributed by atoms with Crippen molar-refractivity contribution in [3.63, 3.8) is 0 Å². The molecule has 0 aliphatic carbocycles. The van der Waals surface area contributed by atoms with Gasteiger partial charge in [0.25, 0.3) is 0 Å². The van der Waals surface area contributed by atoms with Crippen LogP contribution in [-0.2, 0) is 5.60 Å². The second-order valence-electron chi connectivity index (χ2n) is 3.68. The molecule has 0 saturated heterocycles. The molecule has 0 spiro atoms. The van der Waals surface area contributed by atoms with Crippen LogP contribution in [0.2, 0.25) is 0 Å². The molecule has 15 heavy (non-hydrogen) atoms. The highest BCUT2D eigenvalue weighted by molar-refractivity contribution is 9.10. The predicted molar refractivity (Wildman–Crippen MR) is 62.2 cm³/mol. The van der Waals surface area contributed by atoms with Gasteiger partial charge >= 0.3 is 0 Å². The van der Waals surface area contributed by atoms with Crippen LogP contribution in [0.4, 0.5) is 4.39 Å². The Morgan fingerprint density at radius 2 is 2.20 bits per heavy atom. The van der Waals surface area contributed by atoms with E-state index in [2.05, 4.69) is 21.2 Å². The standard InChI is InChI=1S/C11H15BrFNO/c1-3-14-7-11(2,15)9-5-4-8(13)6-10(9)12/h4-6,14-15H,3,7H2,1-2H3. The number of hydrogen-bond acceptors (Lipinski definition) is 2. The van der Waals surface area contributed by atoms with E-state index in [1.165, 1.54) is 12.1 Å². The molecule has 1 rings (SSSR count). The van der Waals surface area contributed by atoms with Gasteiger partial charge in [0.2, 0.25) is 0 Å². The van der Waals surface area contributed by atoms with E-state index >= 15 is 0 Å². The molecular weight excluding hydrogens is 261 g/mol. The minimum absolute atomic E-state index is 0.315. The quantitative estimate of drug-likeness (QED) is 0.885. The number of hydrogen-bond donors (Lipinski definition) is 2. The Hall–Kier alpha value is -0.450. The molecule has 1 unspecified atom stereocenters. The molecule has 1 aromatic carbocycles. The van der Waals surface area contributed by atoms with Crippen molar-refractivity contribution in [3.05, 3.63) is 34.1 Å². The highest BCUT2D eigenvalue weighted by Gasteiger charge is 2.24. The van der Waals surface area contributed by atoms with Gasteiger partial charge in [-0.25, -0.2) is 4.39 Å². The fraction of sp³-hybridized carbons (Fsp3) is 0.455. The van der Waals surface area contributed by atoms with Gasteiger partial charge < -0.3 is 10.4 Å². The maximum Gasteiger partial charge on any atom is 0.124 e. The van der Waals surface area contributed by atoms with Gasteiger partial charge in [-0.05, 0) is 31.2 Å². The second kappa shape index (κ2) is 5.05. The van der Waals surface area contributed by atoms with Gasteiger partial charge in [-0.3, -0.25) is 0 Å². The van der Waals surface area contributed by atoms with Gasteiger partial charge in [-0.1, -0.05) is 28.9 Å². The van der Waals surface area contributed by atoms with Crippen LogP contribution < -0.4 is 5.32 Å². The van der Waals surface area contributed by atoms with Crippen LogP contribution in [0, 0.1) is 5.82 Å². The molecule has 0 aliphatic rings. The largest absolute Gasteiger partial charge is 0.384 e. The van der Waals surface area contributed by atoms with E-state index in [-0.39, 0.29) is 5.82 Å². The van der Waals surface area contributed by atoms with Crippen LogP contribution in [0.1, 0.15) is 19.4 Å². The number of benzene rings is 1. The van der Waals surface area contributed by atoms with E-state index in [0.29, 0.717) is 16.6 Å². The van der Waals surface area contributed by atoms with Crippen molar-refractivity contribution in [1.82, 2.24) is 5.32 Å². The number of likely N-dealkylation sites (N-methyl/N-ethyl adjacent to an activating group) is 1. The minimum Gasteiger partial charge on any atom is -0.384 e. The molecule has 0 fully saturated rings. The summed E-state index contributed by atoms with van der Waals surface area (Å²) < 4.78 is 13.4. The zero-order valence-corrected chi connectivity index (χ0v) is 10.4. The number of halogens is 2. The molecule has 0 aromatic heterocycles. The average Bonchev–Trinajstić information content (AvgIpc) is 2.14. The Kier molecular flexibility index (Phi) is 4.25. The SMILES string of the molecule is CCNCC(C)(O)c1ccc(F)cc1Br. The summed E-state index contributed by atoms with van der Waals surface area (Å²) in [7, 11) is 0. The summed E-state index contributed by atoms with van der Waals surface area (Å²) in [5, 5.41) is 13.2. The molecule has 0 saturated carbocycles. The van der Waals surface area contributed by atoms with Gasteiger partial charge in [0.05, 0.1) is 0 Å². The second-order valence-corrected chi connectivity index (χ2v) is 4.53. The molecule has 84 valence electrons. The third-order valence-electron chi connectivity index (χ3n) is 2.23. The molecule has 0 amide bonds. The van der Waals surface area contributed by atoms with E-state index < -0.39 is 5.60 Å². The summed E-state index contributed by atoms with van der Waals surface area (Å²) in [5.41, 5.74) is -0.312. The predicted octanol–water partition coefficient (Wildman–Crippen LogP) is 2.41. The van der Waals surface area contributed by atoms with E-state index in [4.69, 9.17) is 0 Å². The fourth-order valence-electron chi connectivity index (χ4n) is 1.39. The van der Waals surface area contributed by atoms with Crippen molar-refractivity contribution < 1.29 is 9.50 Å². The topological polar surface area (TPSA) is 32.3 Å². The molecular formula is C11H15BrFNO. The first-order valence-corrected chi connectivity index (χ1v) is 5.65. The third kappa shape index (κ3) is 3.26. The van der Waals surface area contributed by atoms with Crippen LogP contribution >= 0.6 is 15.9 Å². The van der Waals surface area contributed by atoms with Gasteiger partial charge in [0.15, 0.2) is 0 Å². The summed E-state index contributed by atoms with van der Waals surface area (Å²) in [6.45, 7) is 4.89. The molecule has 1 aromatic rings. The zero-order chi connectivity index (χ0) is 11.5. The summed E-state index contributed by atoms with van der Waals surface area (Å²) in [5.74, 6) is -0.315. The first-order valence-electron chi connectivity index (χ1n) is 4.86. The maximum absolute atomic E-state index is 12.9. The first-order chi connectivity index (χ1) is 6.97. The molecule has 0 radical (unpaired) electrons. The Balaban J connectivity index is 2.93. The van der Waals surface area contributed by atoms with E-state index in [1.54, 1.807) is 13.0 Å². The highest BCUT2D eigenvalue weighted by atomic mass is 79.9. The third-order valence-corrected chi connectivity index (χ3v) is 2.89. The van der Waals surface area contributed by atoms with Crippen molar-refractivity contribution in [2.45, 2.75) is 19.4 Å². The summed E-state index contributed by atoms with van der Waals surface area (Å²) in [6, 6.07) is 4.30. The zero-order valence-electron chi connectivity index (χ0n) is 8.85. The van der Waals surface area contributed by atoms with Crippen LogP contribution in [0.3, 0.4) is 0 Å². The smallest absolute Gasteiger partial charge is 0.124 e. The summed E-state index contributed by atoms with van der Waals surface area (Å²) in [6.07, 6.45) is 0. The minimum atomic E-state index is -0.997. The van der Waals surface area contributed by atoms with Gasteiger partial charge in [0.1, 0.15) is 11.4 Å². The summed E-state index contributed by atoms with van der Waals surface area (Å²) >= 11 is 3.25. The van der Waals surface area contributed by atoms with Gasteiger partial charge in [0, 0.05) is 11.0 Å². The van der Waals surface area contributed by atoms with Crippen molar-refractivity contribution in [2.75, 3.05) is 13.1 Å². The monoisotopic (exact) mass is 275 g/mol. The van der Waals surface area contributed by atoms with E-state index in [9.17, 15) is 9.50 Å². The highest BCUT2D eigenvalue weighted by Crippen LogP contribution is 2.28. The lowest BCUT2D eigenvalue weighted by molar-refractivity contribution is 0.0568. The molecule has 2 N–H and O–H groups in total. The lowest BCUT2D eigenvalue weighted by Crippen LogP contribution is -2.35.